The molecule has 31 heavy (non-hydrogen) atoms. The number of amides is 1. The van der Waals surface area contributed by atoms with Gasteiger partial charge >= 0.3 is 0 Å². The first kappa shape index (κ1) is 21.2. The number of para-hydroxylation sites is 1. The quantitative estimate of drug-likeness (QED) is 0.440. The second-order valence-electron chi connectivity index (χ2n) is 7.00. The fourth-order valence-electron chi connectivity index (χ4n) is 3.21. The molecule has 0 radical (unpaired) electrons. The minimum absolute atomic E-state index is 0.0633. The maximum atomic E-state index is 12.9. The smallest absolute Gasteiger partial charge is 0.255 e. The third kappa shape index (κ3) is 4.51. The Hall–Kier alpha value is -3.07. The van der Waals surface area contributed by atoms with Crippen molar-refractivity contribution < 1.29 is 13.2 Å². The summed E-state index contributed by atoms with van der Waals surface area (Å²) in [5.41, 5.74) is 3.45. The number of fused-ring (bicyclic) bond motifs is 1. The number of hydrogen-bond donors (Lipinski definition) is 2. The van der Waals surface area contributed by atoms with Crippen LogP contribution in [0.3, 0.4) is 0 Å². The number of aryl methyl sites for hydroxylation is 1. The maximum Gasteiger partial charge on any atom is 0.255 e. The summed E-state index contributed by atoms with van der Waals surface area (Å²) in [7, 11) is -3.65. The number of nitrogens with zero attached hydrogens (tertiary/aromatic N) is 1. The molecule has 4 aromatic rings. The highest BCUT2D eigenvalue weighted by molar-refractivity contribution is 7.89. The van der Waals surface area contributed by atoms with Crippen molar-refractivity contribution in [3.05, 3.63) is 77.9 Å². The Bertz CT molecular complexity index is 1340. The lowest BCUT2D eigenvalue weighted by atomic mass is 10.1. The van der Waals surface area contributed by atoms with E-state index in [-0.39, 0.29) is 17.3 Å². The largest absolute Gasteiger partial charge is 0.322 e. The van der Waals surface area contributed by atoms with Gasteiger partial charge in [0.15, 0.2) is 0 Å². The van der Waals surface area contributed by atoms with Crippen LogP contribution in [0.15, 0.2) is 71.6 Å². The number of carbonyl (C=O) groups excluding carboxylic acids is 1. The number of hydrogen-bond acceptors (Lipinski definition) is 5. The molecule has 0 saturated carbocycles. The van der Waals surface area contributed by atoms with Gasteiger partial charge < -0.3 is 5.32 Å². The van der Waals surface area contributed by atoms with Crippen molar-refractivity contribution in [2.45, 2.75) is 18.7 Å². The molecule has 1 amide bonds. The molecule has 3 aromatic carbocycles. The molecule has 1 aromatic heterocycles. The second-order valence-corrected chi connectivity index (χ2v) is 9.80. The lowest BCUT2D eigenvalue weighted by molar-refractivity contribution is 0.102. The topological polar surface area (TPSA) is 88.2 Å². The summed E-state index contributed by atoms with van der Waals surface area (Å²) in [4.78, 5) is 17.6. The van der Waals surface area contributed by atoms with E-state index in [0.717, 1.165) is 20.8 Å². The van der Waals surface area contributed by atoms with Crippen LogP contribution < -0.4 is 10.0 Å². The number of sulfonamides is 1. The van der Waals surface area contributed by atoms with E-state index >= 15 is 0 Å². The van der Waals surface area contributed by atoms with Gasteiger partial charge in [-0.3, -0.25) is 4.79 Å². The summed E-state index contributed by atoms with van der Waals surface area (Å²) in [5.74, 6) is -0.368. The second kappa shape index (κ2) is 8.58. The molecular weight excluding hydrogens is 430 g/mol. The van der Waals surface area contributed by atoms with Gasteiger partial charge in [0.25, 0.3) is 5.91 Å². The molecule has 0 fully saturated rings. The number of rotatable bonds is 6. The van der Waals surface area contributed by atoms with Crippen LogP contribution in [0.25, 0.3) is 20.8 Å². The van der Waals surface area contributed by atoms with Gasteiger partial charge in [0, 0.05) is 23.4 Å². The molecule has 0 aliphatic rings. The van der Waals surface area contributed by atoms with Gasteiger partial charge in [-0.2, -0.15) is 0 Å². The van der Waals surface area contributed by atoms with Crippen molar-refractivity contribution in [2.75, 3.05) is 11.9 Å². The number of carbonyl (C=O) groups is 1. The molecule has 0 spiro atoms. The van der Waals surface area contributed by atoms with Crippen molar-refractivity contribution in [1.82, 2.24) is 9.71 Å². The Morgan fingerprint density at radius 1 is 1.03 bits per heavy atom. The van der Waals surface area contributed by atoms with E-state index in [9.17, 15) is 13.2 Å². The molecule has 158 valence electrons. The molecule has 0 unspecified atom stereocenters. The van der Waals surface area contributed by atoms with Crippen LogP contribution >= 0.6 is 11.3 Å². The van der Waals surface area contributed by atoms with E-state index in [4.69, 9.17) is 0 Å². The summed E-state index contributed by atoms with van der Waals surface area (Å²) < 4.78 is 28.2. The Balaban J connectivity index is 1.61. The number of benzene rings is 3. The first-order valence-corrected chi connectivity index (χ1v) is 12.0. The highest BCUT2D eigenvalue weighted by atomic mass is 32.2. The van der Waals surface area contributed by atoms with Crippen LogP contribution in [0.1, 0.15) is 22.8 Å². The zero-order chi connectivity index (χ0) is 22.0. The fourth-order valence-corrected chi connectivity index (χ4v) is 5.24. The summed E-state index contributed by atoms with van der Waals surface area (Å²) in [6.07, 6.45) is 0. The van der Waals surface area contributed by atoms with Crippen LogP contribution in [-0.2, 0) is 10.0 Å². The highest BCUT2D eigenvalue weighted by Crippen LogP contribution is 2.31. The van der Waals surface area contributed by atoms with Gasteiger partial charge in [-0.25, -0.2) is 18.1 Å². The number of nitrogens with one attached hydrogen (secondary N) is 2. The molecule has 4 rings (SSSR count). The number of anilines is 1. The highest BCUT2D eigenvalue weighted by Gasteiger charge is 2.17. The predicted molar refractivity (Wildman–Crippen MR) is 125 cm³/mol. The van der Waals surface area contributed by atoms with Gasteiger partial charge in [0.1, 0.15) is 5.01 Å². The van der Waals surface area contributed by atoms with Crippen molar-refractivity contribution in [3.63, 3.8) is 0 Å². The summed E-state index contributed by atoms with van der Waals surface area (Å²) >= 11 is 1.59. The molecule has 0 atom stereocenters. The van der Waals surface area contributed by atoms with E-state index in [1.165, 1.54) is 12.1 Å². The fraction of sp³-hybridized carbons (Fsp3) is 0.130. The van der Waals surface area contributed by atoms with E-state index in [1.807, 2.05) is 42.5 Å². The van der Waals surface area contributed by atoms with Gasteiger partial charge in [-0.1, -0.05) is 37.3 Å². The SMILES string of the molecule is CCNS(=O)(=O)c1ccc(C)c(C(=O)Nc2cccc(-c3nc4ccccc4s3)c2)c1. The van der Waals surface area contributed by atoms with Crippen molar-refractivity contribution in [2.24, 2.45) is 0 Å². The zero-order valence-electron chi connectivity index (χ0n) is 17.0. The Kier molecular flexibility index (Phi) is 5.86. The molecule has 1 heterocycles. The number of aromatic nitrogens is 1. The minimum Gasteiger partial charge on any atom is -0.322 e. The third-order valence-corrected chi connectivity index (χ3v) is 7.39. The van der Waals surface area contributed by atoms with Gasteiger partial charge in [-0.15, -0.1) is 11.3 Å². The van der Waals surface area contributed by atoms with Crippen LogP contribution in [-0.4, -0.2) is 25.9 Å². The summed E-state index contributed by atoms with van der Waals surface area (Å²) in [6.45, 7) is 3.75. The van der Waals surface area contributed by atoms with Crippen LogP contribution in [0, 0.1) is 6.92 Å². The molecule has 6 nitrogen and oxygen atoms in total. The van der Waals surface area contributed by atoms with E-state index < -0.39 is 10.0 Å². The summed E-state index contributed by atoms with van der Waals surface area (Å²) in [6, 6.07) is 19.9. The standard InChI is InChI=1S/C23H21N3O3S2/c1-3-24-31(28,29)18-12-11-15(2)19(14-18)22(27)25-17-8-6-7-16(13-17)23-26-20-9-4-5-10-21(20)30-23/h4-14,24H,3H2,1-2H3,(H,25,27). The first-order chi connectivity index (χ1) is 14.9. The Labute approximate surface area is 185 Å². The van der Waals surface area contributed by atoms with E-state index in [2.05, 4.69) is 15.0 Å². The van der Waals surface area contributed by atoms with Crippen molar-refractivity contribution >= 4 is 43.2 Å². The predicted octanol–water partition coefficient (Wildman–Crippen LogP) is 4.82. The molecule has 0 saturated heterocycles. The third-order valence-electron chi connectivity index (χ3n) is 4.76. The Morgan fingerprint density at radius 3 is 2.61 bits per heavy atom. The maximum absolute atomic E-state index is 12.9. The Morgan fingerprint density at radius 2 is 1.84 bits per heavy atom. The number of thiazole rings is 1. The molecule has 2 N–H and O–H groups in total. The van der Waals surface area contributed by atoms with Crippen LogP contribution in [0.2, 0.25) is 0 Å². The monoisotopic (exact) mass is 451 g/mol. The van der Waals surface area contributed by atoms with E-state index in [0.29, 0.717) is 16.8 Å². The zero-order valence-corrected chi connectivity index (χ0v) is 18.7. The van der Waals surface area contributed by atoms with E-state index in [1.54, 1.807) is 37.3 Å². The molecule has 0 aliphatic carbocycles. The van der Waals surface area contributed by atoms with Crippen molar-refractivity contribution in [1.29, 1.82) is 0 Å². The minimum atomic E-state index is -3.65. The summed E-state index contributed by atoms with van der Waals surface area (Å²) in [5, 5.41) is 3.74. The van der Waals surface area contributed by atoms with Gasteiger partial charge in [0.05, 0.1) is 15.1 Å². The average Bonchev–Trinajstić information content (AvgIpc) is 3.18. The average molecular weight is 452 g/mol. The van der Waals surface area contributed by atoms with Gasteiger partial charge in [0.2, 0.25) is 10.0 Å². The molecule has 0 bridgehead atoms. The van der Waals surface area contributed by atoms with Gasteiger partial charge in [-0.05, 0) is 48.9 Å². The van der Waals surface area contributed by atoms with Crippen LogP contribution in [0.5, 0.6) is 0 Å². The molecule has 8 heteroatoms. The normalized spacial score (nSPS) is 11.5. The first-order valence-electron chi connectivity index (χ1n) is 9.75. The lowest BCUT2D eigenvalue weighted by Crippen LogP contribution is -2.24. The van der Waals surface area contributed by atoms with Crippen molar-refractivity contribution in [3.8, 4) is 10.6 Å². The molecular formula is C23H21N3O3S2. The molecule has 0 aliphatic heterocycles. The lowest BCUT2D eigenvalue weighted by Gasteiger charge is -2.11. The van der Waals surface area contributed by atoms with Crippen LogP contribution in [0.4, 0.5) is 5.69 Å².